The van der Waals surface area contributed by atoms with Gasteiger partial charge in [0, 0.05) is 19.0 Å². The van der Waals surface area contributed by atoms with Crippen LogP contribution in [0.1, 0.15) is 38.5 Å². The molecule has 0 aromatic heterocycles. The molecule has 0 aromatic carbocycles. The molecular formula is C14H20N4O. The third-order valence-corrected chi connectivity index (χ3v) is 4.19. The monoisotopic (exact) mass is 260 g/mol. The SMILES string of the molecule is N#CC[C@@H]1CC[C@H](NCC(=O)N2CCC[C@H]2C#N)C1. The molecule has 1 saturated carbocycles. The summed E-state index contributed by atoms with van der Waals surface area (Å²) in [5, 5.41) is 20.9. The summed E-state index contributed by atoms with van der Waals surface area (Å²) in [6, 6.07) is 4.52. The maximum Gasteiger partial charge on any atom is 0.237 e. The number of carbonyl (C=O) groups is 1. The zero-order chi connectivity index (χ0) is 13.7. The van der Waals surface area contributed by atoms with Crippen molar-refractivity contribution in [3.63, 3.8) is 0 Å². The molecule has 1 aliphatic heterocycles. The Hall–Kier alpha value is -1.59. The minimum absolute atomic E-state index is 0.0350. The lowest BCUT2D eigenvalue weighted by Crippen LogP contribution is -2.42. The fourth-order valence-corrected chi connectivity index (χ4v) is 3.11. The molecule has 2 rings (SSSR count). The molecule has 5 nitrogen and oxygen atoms in total. The molecule has 19 heavy (non-hydrogen) atoms. The number of carbonyl (C=O) groups excluding carboxylic acids is 1. The van der Waals surface area contributed by atoms with Crippen LogP contribution in [0.5, 0.6) is 0 Å². The lowest BCUT2D eigenvalue weighted by atomic mass is 10.1. The van der Waals surface area contributed by atoms with Crippen molar-refractivity contribution >= 4 is 5.91 Å². The number of likely N-dealkylation sites (tertiary alicyclic amines) is 1. The normalized spacial score (nSPS) is 30.0. The zero-order valence-corrected chi connectivity index (χ0v) is 11.1. The molecule has 5 heteroatoms. The molecule has 2 aliphatic rings. The van der Waals surface area contributed by atoms with E-state index in [0.717, 1.165) is 32.1 Å². The van der Waals surface area contributed by atoms with Gasteiger partial charge < -0.3 is 10.2 Å². The van der Waals surface area contributed by atoms with Crippen LogP contribution in [0.4, 0.5) is 0 Å². The van der Waals surface area contributed by atoms with Gasteiger partial charge in [0.15, 0.2) is 0 Å². The first kappa shape index (κ1) is 13.8. The van der Waals surface area contributed by atoms with Crippen LogP contribution >= 0.6 is 0 Å². The van der Waals surface area contributed by atoms with E-state index in [4.69, 9.17) is 10.5 Å². The van der Waals surface area contributed by atoms with Crippen LogP contribution in [0.3, 0.4) is 0 Å². The third-order valence-electron chi connectivity index (χ3n) is 4.19. The van der Waals surface area contributed by atoms with Gasteiger partial charge in [-0.3, -0.25) is 4.79 Å². The van der Waals surface area contributed by atoms with Gasteiger partial charge >= 0.3 is 0 Å². The third kappa shape index (κ3) is 3.45. The second kappa shape index (κ2) is 6.54. The van der Waals surface area contributed by atoms with Crippen LogP contribution < -0.4 is 5.32 Å². The molecule has 1 N–H and O–H groups in total. The first-order chi connectivity index (χ1) is 9.24. The highest BCUT2D eigenvalue weighted by Crippen LogP contribution is 2.27. The topological polar surface area (TPSA) is 79.9 Å². The Morgan fingerprint density at radius 3 is 2.89 bits per heavy atom. The summed E-state index contributed by atoms with van der Waals surface area (Å²) in [4.78, 5) is 13.7. The summed E-state index contributed by atoms with van der Waals surface area (Å²) in [7, 11) is 0. The van der Waals surface area contributed by atoms with E-state index in [1.165, 1.54) is 0 Å². The van der Waals surface area contributed by atoms with Crippen molar-refractivity contribution in [3.05, 3.63) is 0 Å². The number of hydrogen-bond donors (Lipinski definition) is 1. The largest absolute Gasteiger partial charge is 0.326 e. The molecule has 0 radical (unpaired) electrons. The highest BCUT2D eigenvalue weighted by Gasteiger charge is 2.29. The van der Waals surface area contributed by atoms with Crippen molar-refractivity contribution in [2.75, 3.05) is 13.1 Å². The van der Waals surface area contributed by atoms with Crippen LogP contribution in [0.15, 0.2) is 0 Å². The summed E-state index contributed by atoms with van der Waals surface area (Å²) < 4.78 is 0. The molecular weight excluding hydrogens is 240 g/mol. The highest BCUT2D eigenvalue weighted by molar-refractivity contribution is 5.79. The van der Waals surface area contributed by atoms with Gasteiger partial charge in [-0.05, 0) is 38.0 Å². The quantitative estimate of drug-likeness (QED) is 0.823. The Morgan fingerprint density at radius 2 is 2.16 bits per heavy atom. The maximum absolute atomic E-state index is 12.0. The van der Waals surface area contributed by atoms with Crippen molar-refractivity contribution in [1.29, 1.82) is 10.5 Å². The van der Waals surface area contributed by atoms with E-state index >= 15 is 0 Å². The molecule has 102 valence electrons. The van der Waals surface area contributed by atoms with Crippen molar-refractivity contribution in [2.24, 2.45) is 5.92 Å². The smallest absolute Gasteiger partial charge is 0.237 e. The fraction of sp³-hybridized carbons (Fsp3) is 0.786. The van der Waals surface area contributed by atoms with E-state index in [2.05, 4.69) is 17.5 Å². The number of hydrogen-bond acceptors (Lipinski definition) is 4. The molecule has 1 heterocycles. The van der Waals surface area contributed by atoms with Gasteiger partial charge in [0.25, 0.3) is 0 Å². The minimum Gasteiger partial charge on any atom is -0.326 e. The summed E-state index contributed by atoms with van der Waals surface area (Å²) in [6.45, 7) is 1.03. The Labute approximate surface area is 114 Å². The van der Waals surface area contributed by atoms with Gasteiger partial charge in [-0.15, -0.1) is 0 Å². The predicted octanol–water partition coefficient (Wildman–Crippen LogP) is 1.17. The van der Waals surface area contributed by atoms with Gasteiger partial charge in [-0.25, -0.2) is 0 Å². The summed E-state index contributed by atoms with van der Waals surface area (Å²) in [5.74, 6) is 0.518. The van der Waals surface area contributed by atoms with E-state index in [1.54, 1.807) is 4.90 Å². The van der Waals surface area contributed by atoms with Gasteiger partial charge in [0.2, 0.25) is 5.91 Å². The molecule has 1 saturated heterocycles. The second-order valence-corrected chi connectivity index (χ2v) is 5.49. The zero-order valence-electron chi connectivity index (χ0n) is 11.1. The first-order valence-electron chi connectivity index (χ1n) is 7.04. The van der Waals surface area contributed by atoms with Crippen LogP contribution in [-0.2, 0) is 4.79 Å². The number of nitriles is 2. The standard InChI is InChI=1S/C14H20N4O/c15-6-5-11-3-4-12(8-11)17-10-14(19)18-7-1-2-13(18)9-16/h11-13,17H,1-5,7-8,10H2/t11-,12-,13-/m0/s1. The second-order valence-electron chi connectivity index (χ2n) is 5.49. The Balaban J connectivity index is 1.73. The number of nitrogens with one attached hydrogen (secondary N) is 1. The predicted molar refractivity (Wildman–Crippen MR) is 69.7 cm³/mol. The van der Waals surface area contributed by atoms with E-state index in [1.807, 2.05) is 0 Å². The molecule has 1 aliphatic carbocycles. The van der Waals surface area contributed by atoms with Crippen molar-refractivity contribution in [1.82, 2.24) is 10.2 Å². The Kier molecular flexibility index (Phi) is 4.76. The molecule has 3 atom stereocenters. The van der Waals surface area contributed by atoms with Gasteiger partial charge in [0.1, 0.15) is 6.04 Å². The van der Waals surface area contributed by atoms with Crippen LogP contribution in [0, 0.1) is 28.6 Å². The summed E-state index contributed by atoms with van der Waals surface area (Å²) >= 11 is 0. The maximum atomic E-state index is 12.0. The lowest BCUT2D eigenvalue weighted by molar-refractivity contribution is -0.130. The van der Waals surface area contributed by atoms with Gasteiger partial charge in [-0.2, -0.15) is 10.5 Å². The van der Waals surface area contributed by atoms with Crippen molar-refractivity contribution < 1.29 is 4.79 Å². The Morgan fingerprint density at radius 1 is 1.32 bits per heavy atom. The van der Waals surface area contributed by atoms with Crippen molar-refractivity contribution in [2.45, 2.75) is 50.6 Å². The number of amides is 1. The minimum atomic E-state index is -0.232. The van der Waals surface area contributed by atoms with E-state index < -0.39 is 0 Å². The molecule has 1 amide bonds. The molecule has 0 aromatic rings. The molecule has 2 fully saturated rings. The molecule has 0 spiro atoms. The van der Waals surface area contributed by atoms with E-state index in [9.17, 15) is 4.79 Å². The van der Waals surface area contributed by atoms with Crippen molar-refractivity contribution in [3.8, 4) is 12.1 Å². The van der Waals surface area contributed by atoms with Crippen LogP contribution in [0.25, 0.3) is 0 Å². The molecule has 0 unspecified atom stereocenters. The van der Waals surface area contributed by atoms with Gasteiger partial charge in [0.05, 0.1) is 18.7 Å². The average Bonchev–Trinajstić information content (AvgIpc) is 3.05. The highest BCUT2D eigenvalue weighted by atomic mass is 16.2. The number of rotatable bonds is 4. The van der Waals surface area contributed by atoms with E-state index in [-0.39, 0.29) is 11.9 Å². The summed E-state index contributed by atoms with van der Waals surface area (Å²) in [5.41, 5.74) is 0. The Bertz CT molecular complexity index is 409. The van der Waals surface area contributed by atoms with Crippen LogP contribution in [-0.4, -0.2) is 36.0 Å². The van der Waals surface area contributed by atoms with Gasteiger partial charge in [-0.1, -0.05) is 0 Å². The summed E-state index contributed by atoms with van der Waals surface area (Å²) in [6.07, 6.45) is 5.45. The molecule has 0 bridgehead atoms. The fourth-order valence-electron chi connectivity index (χ4n) is 3.11. The van der Waals surface area contributed by atoms with Crippen LogP contribution in [0.2, 0.25) is 0 Å². The lowest BCUT2D eigenvalue weighted by Gasteiger charge is -2.21. The first-order valence-corrected chi connectivity index (χ1v) is 7.04. The van der Waals surface area contributed by atoms with E-state index in [0.29, 0.717) is 31.5 Å². The average molecular weight is 260 g/mol. The number of nitrogens with zero attached hydrogens (tertiary/aromatic N) is 3.